The van der Waals surface area contributed by atoms with E-state index in [1.165, 1.54) is 6.21 Å². The van der Waals surface area contributed by atoms with Gasteiger partial charge in [-0.15, -0.1) is 0 Å². The van der Waals surface area contributed by atoms with Crippen molar-refractivity contribution >= 4 is 46.9 Å². The van der Waals surface area contributed by atoms with Gasteiger partial charge in [0.25, 0.3) is 0 Å². The molecule has 0 aliphatic rings. The summed E-state index contributed by atoms with van der Waals surface area (Å²) >= 11 is 11.9. The Bertz CT molecular complexity index is 1090. The van der Waals surface area contributed by atoms with Crippen molar-refractivity contribution in [3.63, 3.8) is 0 Å². The molecule has 0 saturated carbocycles. The number of halogens is 2. The zero-order chi connectivity index (χ0) is 22.8. The van der Waals surface area contributed by atoms with Crippen LogP contribution in [0.2, 0.25) is 10.0 Å². The third-order valence-electron chi connectivity index (χ3n) is 4.31. The molecule has 0 heterocycles. The van der Waals surface area contributed by atoms with E-state index in [9.17, 15) is 9.59 Å². The average molecular weight is 470 g/mol. The number of ether oxygens (including phenoxy) is 1. The van der Waals surface area contributed by atoms with E-state index in [1.54, 1.807) is 18.2 Å². The smallest absolute Gasteiger partial charge is 0.240 e. The Hall–Kier alpha value is -3.35. The molecule has 8 heteroatoms. The second-order valence-corrected chi connectivity index (χ2v) is 7.65. The highest BCUT2D eigenvalue weighted by molar-refractivity contribution is 6.35. The fraction of sp³-hybridized carbons (Fsp3) is 0.125. The number of anilines is 1. The maximum absolute atomic E-state index is 12.0. The summed E-state index contributed by atoms with van der Waals surface area (Å²) < 4.78 is 5.73. The van der Waals surface area contributed by atoms with Crippen LogP contribution in [-0.4, -0.2) is 18.0 Å². The van der Waals surface area contributed by atoms with E-state index < -0.39 is 0 Å². The predicted octanol–water partition coefficient (Wildman–Crippen LogP) is 5.44. The Morgan fingerprint density at radius 1 is 0.906 bits per heavy atom. The molecular weight excluding hydrogens is 449 g/mol. The monoisotopic (exact) mass is 469 g/mol. The minimum absolute atomic E-state index is 0.0162. The Morgan fingerprint density at radius 3 is 2.38 bits per heavy atom. The van der Waals surface area contributed by atoms with Crippen LogP contribution in [0.25, 0.3) is 0 Å². The number of carbonyl (C=O) groups is 2. The van der Waals surface area contributed by atoms with Gasteiger partial charge in [-0.2, -0.15) is 5.10 Å². The van der Waals surface area contributed by atoms with Crippen molar-refractivity contribution in [1.82, 2.24) is 5.43 Å². The van der Waals surface area contributed by atoms with Crippen molar-refractivity contribution in [2.45, 2.75) is 19.4 Å². The van der Waals surface area contributed by atoms with Crippen LogP contribution in [0.15, 0.2) is 77.9 Å². The maximum atomic E-state index is 12.0. The quantitative estimate of drug-likeness (QED) is 0.323. The fourth-order valence-electron chi connectivity index (χ4n) is 2.66. The van der Waals surface area contributed by atoms with Gasteiger partial charge < -0.3 is 10.1 Å². The Labute approximate surface area is 196 Å². The average Bonchev–Trinajstić information content (AvgIpc) is 2.80. The lowest BCUT2D eigenvalue weighted by atomic mass is 10.2. The number of nitrogens with zero attached hydrogens (tertiary/aromatic N) is 1. The first-order chi connectivity index (χ1) is 15.5. The van der Waals surface area contributed by atoms with Crippen LogP contribution in [0, 0.1) is 0 Å². The number of hydrogen-bond donors (Lipinski definition) is 2. The van der Waals surface area contributed by atoms with Gasteiger partial charge in [0.15, 0.2) is 0 Å². The van der Waals surface area contributed by atoms with Crippen LogP contribution >= 0.6 is 23.2 Å². The molecule has 3 aromatic carbocycles. The first kappa shape index (κ1) is 23.3. The van der Waals surface area contributed by atoms with Crippen LogP contribution < -0.4 is 15.5 Å². The molecule has 32 heavy (non-hydrogen) atoms. The summed E-state index contributed by atoms with van der Waals surface area (Å²) in [6, 6.07) is 22.0. The zero-order valence-corrected chi connectivity index (χ0v) is 18.6. The molecule has 6 nitrogen and oxygen atoms in total. The summed E-state index contributed by atoms with van der Waals surface area (Å²) in [5, 5.41) is 7.37. The summed E-state index contributed by atoms with van der Waals surface area (Å²) in [6.45, 7) is 0.488. The highest BCUT2D eigenvalue weighted by atomic mass is 35.5. The molecule has 0 aliphatic carbocycles. The minimum atomic E-state index is -0.378. The van der Waals surface area contributed by atoms with Gasteiger partial charge in [-0.3, -0.25) is 9.59 Å². The molecule has 0 bridgehead atoms. The van der Waals surface area contributed by atoms with Gasteiger partial charge >= 0.3 is 0 Å². The van der Waals surface area contributed by atoms with E-state index in [4.69, 9.17) is 27.9 Å². The second kappa shape index (κ2) is 11.9. The number of carbonyl (C=O) groups excluding carboxylic acids is 2. The van der Waals surface area contributed by atoms with Gasteiger partial charge in [-0.1, -0.05) is 53.5 Å². The summed E-state index contributed by atoms with van der Waals surface area (Å²) in [6.07, 6.45) is 1.48. The lowest BCUT2D eigenvalue weighted by molar-refractivity contribution is -0.124. The Balaban J connectivity index is 1.39. The predicted molar refractivity (Wildman–Crippen MR) is 127 cm³/mol. The molecular formula is C24H21Cl2N3O3. The SMILES string of the molecule is O=C(CCC(=O)Nc1cc(Cl)ccc1Cl)N/N=C/c1ccc(OCc2ccccc2)cc1. The molecule has 164 valence electrons. The van der Waals surface area contributed by atoms with E-state index in [2.05, 4.69) is 15.8 Å². The highest BCUT2D eigenvalue weighted by Gasteiger charge is 2.09. The highest BCUT2D eigenvalue weighted by Crippen LogP contribution is 2.25. The molecule has 0 spiro atoms. The molecule has 0 unspecified atom stereocenters. The molecule has 0 atom stereocenters. The minimum Gasteiger partial charge on any atom is -0.489 e. The number of hydrogen-bond acceptors (Lipinski definition) is 4. The van der Waals surface area contributed by atoms with Crippen LogP contribution in [-0.2, 0) is 16.2 Å². The van der Waals surface area contributed by atoms with Crippen molar-refractivity contribution < 1.29 is 14.3 Å². The van der Waals surface area contributed by atoms with Gasteiger partial charge in [0.2, 0.25) is 11.8 Å². The Kier molecular flexibility index (Phi) is 8.66. The van der Waals surface area contributed by atoms with Crippen LogP contribution in [0.3, 0.4) is 0 Å². The van der Waals surface area contributed by atoms with Gasteiger partial charge in [-0.05, 0) is 53.6 Å². The number of hydrazone groups is 1. The molecule has 0 aromatic heterocycles. The molecule has 0 saturated heterocycles. The number of nitrogens with one attached hydrogen (secondary N) is 2. The van der Waals surface area contributed by atoms with E-state index in [0.717, 1.165) is 16.9 Å². The maximum Gasteiger partial charge on any atom is 0.240 e. The number of rotatable bonds is 9. The van der Waals surface area contributed by atoms with Crippen LogP contribution in [0.1, 0.15) is 24.0 Å². The summed E-state index contributed by atoms with van der Waals surface area (Å²) in [7, 11) is 0. The van der Waals surface area contributed by atoms with Crippen molar-refractivity contribution in [3.05, 3.63) is 94.0 Å². The third kappa shape index (κ3) is 7.72. The first-order valence-electron chi connectivity index (χ1n) is 9.83. The van der Waals surface area contributed by atoms with Gasteiger partial charge in [-0.25, -0.2) is 5.43 Å². The third-order valence-corrected chi connectivity index (χ3v) is 4.88. The van der Waals surface area contributed by atoms with Crippen molar-refractivity contribution in [3.8, 4) is 5.75 Å². The van der Waals surface area contributed by atoms with Crippen molar-refractivity contribution in [2.24, 2.45) is 5.10 Å². The van der Waals surface area contributed by atoms with Crippen molar-refractivity contribution in [2.75, 3.05) is 5.32 Å². The molecule has 0 aliphatic heterocycles. The first-order valence-corrected chi connectivity index (χ1v) is 10.6. The van der Waals surface area contributed by atoms with E-state index >= 15 is 0 Å². The van der Waals surface area contributed by atoms with Gasteiger partial charge in [0.1, 0.15) is 12.4 Å². The fourth-order valence-corrected chi connectivity index (χ4v) is 3.00. The lowest BCUT2D eigenvalue weighted by Gasteiger charge is -2.07. The molecule has 2 N–H and O–H groups in total. The number of amides is 2. The van der Waals surface area contributed by atoms with E-state index in [1.807, 2.05) is 54.6 Å². The zero-order valence-electron chi connectivity index (χ0n) is 17.1. The summed E-state index contributed by atoms with van der Waals surface area (Å²) in [5.41, 5.74) is 4.69. The lowest BCUT2D eigenvalue weighted by Crippen LogP contribution is -2.20. The second-order valence-electron chi connectivity index (χ2n) is 6.81. The molecule has 2 amide bonds. The van der Waals surface area contributed by atoms with Gasteiger partial charge in [0.05, 0.1) is 16.9 Å². The summed E-state index contributed by atoms with van der Waals surface area (Å²) in [4.78, 5) is 23.9. The Morgan fingerprint density at radius 2 is 1.62 bits per heavy atom. The molecule has 3 aromatic rings. The van der Waals surface area contributed by atoms with Crippen molar-refractivity contribution in [1.29, 1.82) is 0 Å². The normalized spacial score (nSPS) is 10.7. The molecule has 3 rings (SSSR count). The standard InChI is InChI=1S/C24H21Cl2N3O3/c25-19-8-11-21(26)22(14-19)28-23(30)12-13-24(31)29-27-15-17-6-9-20(10-7-17)32-16-18-4-2-1-3-5-18/h1-11,14-15H,12-13,16H2,(H,28,30)(H,29,31)/b27-15+. The molecule has 0 fully saturated rings. The topological polar surface area (TPSA) is 79.8 Å². The molecule has 0 radical (unpaired) electrons. The van der Waals surface area contributed by atoms with Gasteiger partial charge in [0, 0.05) is 17.9 Å². The van der Waals surface area contributed by atoms with E-state index in [0.29, 0.717) is 22.3 Å². The summed E-state index contributed by atoms with van der Waals surface area (Å²) in [5.74, 6) is 0.0108. The number of benzene rings is 3. The van der Waals surface area contributed by atoms with Crippen LogP contribution in [0.4, 0.5) is 5.69 Å². The van der Waals surface area contributed by atoms with Crippen LogP contribution in [0.5, 0.6) is 5.75 Å². The van der Waals surface area contributed by atoms with E-state index in [-0.39, 0.29) is 24.7 Å². The largest absolute Gasteiger partial charge is 0.489 e.